The molecule has 0 radical (unpaired) electrons. The fourth-order valence-electron chi connectivity index (χ4n) is 5.41. The highest BCUT2D eigenvalue weighted by Gasteiger charge is 2.33. The van der Waals surface area contributed by atoms with Gasteiger partial charge in [-0.1, -0.05) is 36.4 Å². The van der Waals surface area contributed by atoms with Gasteiger partial charge in [0.2, 0.25) is 0 Å². The van der Waals surface area contributed by atoms with E-state index < -0.39 is 12.0 Å². The van der Waals surface area contributed by atoms with Crippen molar-refractivity contribution in [2.24, 2.45) is 0 Å². The average Bonchev–Trinajstić information content (AvgIpc) is 3.08. The summed E-state index contributed by atoms with van der Waals surface area (Å²) in [5.74, 6) is -0.175. The second-order valence-corrected chi connectivity index (χ2v) is 10.2. The summed E-state index contributed by atoms with van der Waals surface area (Å²) >= 11 is 0. The van der Waals surface area contributed by atoms with Crippen LogP contribution in [0.1, 0.15) is 61.9 Å². The SMILES string of the molecule is CC1=CC(C)(C)Nc2ccc(OC(=O)C(Cc3ccccc3)n3c(O)c4c(c3O)CCCC4)cc21. The second kappa shape index (κ2) is 8.84. The van der Waals surface area contributed by atoms with Crippen LogP contribution < -0.4 is 10.1 Å². The molecule has 1 aliphatic heterocycles. The first-order valence-electron chi connectivity index (χ1n) is 12.2. The molecule has 2 aliphatic rings. The lowest BCUT2D eigenvalue weighted by Gasteiger charge is -2.31. The van der Waals surface area contributed by atoms with E-state index in [9.17, 15) is 15.0 Å². The van der Waals surface area contributed by atoms with Crippen molar-refractivity contribution < 1.29 is 19.7 Å². The number of carbonyl (C=O) groups is 1. The molecule has 2 heterocycles. The summed E-state index contributed by atoms with van der Waals surface area (Å²) < 4.78 is 7.23. The summed E-state index contributed by atoms with van der Waals surface area (Å²) in [6.45, 7) is 6.26. The predicted molar refractivity (Wildman–Crippen MR) is 137 cm³/mol. The van der Waals surface area contributed by atoms with Crippen LogP contribution in [0.5, 0.6) is 17.5 Å². The molecular formula is C29H32N2O4. The predicted octanol–water partition coefficient (Wildman–Crippen LogP) is 5.77. The molecule has 6 nitrogen and oxygen atoms in total. The zero-order valence-corrected chi connectivity index (χ0v) is 20.5. The van der Waals surface area contributed by atoms with E-state index in [1.54, 1.807) is 6.07 Å². The first-order valence-corrected chi connectivity index (χ1v) is 12.2. The number of nitrogens with one attached hydrogen (secondary N) is 1. The van der Waals surface area contributed by atoms with Crippen molar-refractivity contribution in [3.05, 3.63) is 76.9 Å². The summed E-state index contributed by atoms with van der Waals surface area (Å²) in [5.41, 5.74) is 5.32. The standard InChI is InChI=1S/C29H32N2O4/c1-18-17-29(2,3)30-24-14-13-20(16-23(18)24)35-28(34)25(15-19-9-5-4-6-10-19)31-26(32)21-11-7-8-12-22(21)27(31)33/h4-6,9-10,13-14,16-17,25,30,32-33H,7-8,11-12,15H2,1-3H3. The molecule has 0 saturated heterocycles. The third-order valence-electron chi connectivity index (χ3n) is 6.99. The number of esters is 1. The van der Waals surface area contributed by atoms with Gasteiger partial charge in [-0.2, -0.15) is 0 Å². The highest BCUT2D eigenvalue weighted by molar-refractivity contribution is 5.83. The maximum atomic E-state index is 13.6. The second-order valence-electron chi connectivity index (χ2n) is 10.2. The average molecular weight is 473 g/mol. The largest absolute Gasteiger partial charge is 0.494 e. The zero-order chi connectivity index (χ0) is 24.7. The Bertz CT molecular complexity index is 1270. The van der Waals surface area contributed by atoms with Gasteiger partial charge in [-0.15, -0.1) is 0 Å². The lowest BCUT2D eigenvalue weighted by Crippen LogP contribution is -2.31. The Balaban J connectivity index is 1.49. The zero-order valence-electron chi connectivity index (χ0n) is 20.5. The number of carbonyl (C=O) groups excluding carboxylic acids is 1. The maximum absolute atomic E-state index is 13.6. The molecule has 1 unspecified atom stereocenters. The summed E-state index contributed by atoms with van der Waals surface area (Å²) in [5, 5.41) is 25.6. The number of allylic oxidation sites excluding steroid dienone is 1. The van der Waals surface area contributed by atoms with Crippen LogP contribution in [-0.2, 0) is 24.1 Å². The monoisotopic (exact) mass is 472 g/mol. The van der Waals surface area contributed by atoms with Gasteiger partial charge < -0.3 is 20.3 Å². The fraction of sp³-hybridized carbons (Fsp3) is 0.345. The van der Waals surface area contributed by atoms with Crippen LogP contribution in [0.15, 0.2) is 54.6 Å². The highest BCUT2D eigenvalue weighted by Crippen LogP contribution is 2.42. The topological polar surface area (TPSA) is 83.7 Å². The molecule has 5 rings (SSSR count). The van der Waals surface area contributed by atoms with Crippen LogP contribution in [-0.4, -0.2) is 26.3 Å². The van der Waals surface area contributed by atoms with Crippen molar-refractivity contribution >= 4 is 17.2 Å². The van der Waals surface area contributed by atoms with E-state index in [-0.39, 0.29) is 23.7 Å². The van der Waals surface area contributed by atoms with Gasteiger partial charge in [-0.25, -0.2) is 4.79 Å². The minimum atomic E-state index is -0.910. The number of ether oxygens (including phenoxy) is 1. The van der Waals surface area contributed by atoms with Gasteiger partial charge in [0.25, 0.3) is 0 Å². The number of hydrogen-bond acceptors (Lipinski definition) is 5. The lowest BCUT2D eigenvalue weighted by molar-refractivity contribution is -0.138. The number of anilines is 1. The van der Waals surface area contributed by atoms with Gasteiger partial charge in [0.15, 0.2) is 11.8 Å². The third kappa shape index (κ3) is 4.41. The number of hydrogen-bond donors (Lipinski definition) is 3. The van der Waals surface area contributed by atoms with Crippen LogP contribution in [0.3, 0.4) is 0 Å². The van der Waals surface area contributed by atoms with Gasteiger partial charge >= 0.3 is 5.97 Å². The van der Waals surface area contributed by atoms with E-state index in [0.717, 1.165) is 46.4 Å². The molecule has 35 heavy (non-hydrogen) atoms. The number of fused-ring (bicyclic) bond motifs is 2. The van der Waals surface area contributed by atoms with Gasteiger partial charge in [0.05, 0.1) is 5.54 Å². The molecule has 6 heteroatoms. The normalized spacial score (nSPS) is 16.9. The molecule has 2 aromatic carbocycles. The maximum Gasteiger partial charge on any atom is 0.335 e. The first kappa shape index (κ1) is 23.1. The molecule has 1 atom stereocenters. The van der Waals surface area contributed by atoms with Crippen LogP contribution >= 0.6 is 0 Å². The Labute approximate surface area is 205 Å². The molecule has 3 N–H and O–H groups in total. The van der Waals surface area contributed by atoms with Gasteiger partial charge in [-0.3, -0.25) is 4.57 Å². The molecule has 0 amide bonds. The highest BCUT2D eigenvalue weighted by atomic mass is 16.5. The summed E-state index contributed by atoms with van der Waals surface area (Å²) in [7, 11) is 0. The Kier molecular flexibility index (Phi) is 5.83. The van der Waals surface area contributed by atoms with E-state index >= 15 is 0 Å². The van der Waals surface area contributed by atoms with Crippen molar-refractivity contribution in [2.75, 3.05) is 5.32 Å². The summed E-state index contributed by atoms with van der Waals surface area (Å²) in [4.78, 5) is 13.6. The molecule has 0 fully saturated rings. The van der Waals surface area contributed by atoms with E-state index in [1.807, 2.05) is 49.4 Å². The Morgan fingerprint density at radius 1 is 1.06 bits per heavy atom. The molecule has 1 aliphatic carbocycles. The summed E-state index contributed by atoms with van der Waals surface area (Å²) in [6.07, 6.45) is 5.71. The van der Waals surface area contributed by atoms with Crippen molar-refractivity contribution in [1.82, 2.24) is 4.57 Å². The van der Waals surface area contributed by atoms with Gasteiger partial charge in [-0.05, 0) is 75.8 Å². The molecule has 1 aromatic heterocycles. The first-order chi connectivity index (χ1) is 16.7. The van der Waals surface area contributed by atoms with Gasteiger partial charge in [0.1, 0.15) is 11.8 Å². The van der Waals surface area contributed by atoms with E-state index in [2.05, 4.69) is 25.2 Å². The molecule has 0 spiro atoms. The van der Waals surface area contributed by atoms with Crippen LogP contribution in [0, 0.1) is 0 Å². The molecule has 182 valence electrons. The minimum Gasteiger partial charge on any atom is -0.494 e. The number of aromatic hydroxyl groups is 2. The quantitative estimate of drug-likeness (QED) is 0.324. The van der Waals surface area contributed by atoms with Crippen molar-refractivity contribution in [3.63, 3.8) is 0 Å². The smallest absolute Gasteiger partial charge is 0.335 e. The molecular weight excluding hydrogens is 440 g/mol. The van der Waals surface area contributed by atoms with Crippen molar-refractivity contribution in [2.45, 2.75) is 64.5 Å². The number of nitrogens with zero attached hydrogens (tertiary/aromatic N) is 1. The third-order valence-corrected chi connectivity index (χ3v) is 6.99. The lowest BCUT2D eigenvalue weighted by atomic mass is 9.91. The Hall–Kier alpha value is -3.67. The Morgan fingerprint density at radius 2 is 1.71 bits per heavy atom. The van der Waals surface area contributed by atoms with Crippen LogP contribution in [0.4, 0.5) is 5.69 Å². The molecule has 0 bridgehead atoms. The summed E-state index contributed by atoms with van der Waals surface area (Å²) in [6, 6.07) is 14.2. The molecule has 0 saturated carbocycles. The van der Waals surface area contributed by atoms with Gasteiger partial charge in [0, 0.05) is 28.8 Å². The van der Waals surface area contributed by atoms with Crippen molar-refractivity contribution in [1.29, 1.82) is 0 Å². The Morgan fingerprint density at radius 3 is 2.37 bits per heavy atom. The van der Waals surface area contributed by atoms with Crippen LogP contribution in [0.2, 0.25) is 0 Å². The van der Waals surface area contributed by atoms with E-state index in [4.69, 9.17) is 4.74 Å². The van der Waals surface area contributed by atoms with Crippen LogP contribution in [0.25, 0.3) is 5.57 Å². The van der Waals surface area contributed by atoms with E-state index in [0.29, 0.717) is 18.6 Å². The number of benzene rings is 2. The fourth-order valence-corrected chi connectivity index (χ4v) is 5.41. The van der Waals surface area contributed by atoms with E-state index in [1.165, 1.54) is 4.57 Å². The minimum absolute atomic E-state index is 0.0364. The number of aromatic nitrogens is 1. The molecule has 3 aromatic rings. The van der Waals surface area contributed by atoms with Crippen molar-refractivity contribution in [3.8, 4) is 17.5 Å². The number of rotatable bonds is 5.